The summed E-state index contributed by atoms with van der Waals surface area (Å²) in [4.78, 5) is 20.0. The summed E-state index contributed by atoms with van der Waals surface area (Å²) in [5, 5.41) is 1.18. The Kier molecular flexibility index (Phi) is 3.93. The van der Waals surface area contributed by atoms with E-state index in [1.54, 1.807) is 14.2 Å². The number of benzene rings is 1. The number of piperidine rings is 2. The highest BCUT2D eigenvalue weighted by atomic mass is 16.5. The lowest BCUT2D eigenvalue weighted by atomic mass is 9.43. The molecule has 4 heterocycles. The van der Waals surface area contributed by atoms with Crippen LogP contribution in [0.4, 0.5) is 0 Å². The van der Waals surface area contributed by atoms with Gasteiger partial charge in [-0.05, 0) is 67.7 Å². The number of rotatable bonds is 3. The third-order valence-corrected chi connectivity index (χ3v) is 8.94. The molecule has 1 aromatic carbocycles. The standard InChI is InChI=1S/C24H32N2O3/c1-6-22(2)12-15-13-24(21(27)29-5)20-17(9-10-26(14-15)23(22,24)3)18-11-16(28-4)7-8-19(18)25-20/h7-8,11,15,25H,6,9-10,12-14H2,1-5H3/t15?,22-,23-,24-/m1/s1. The SMILES string of the molecule is CC[C@]1(C)CC2CN3CCc4c([nH]c5ccc(OC)cc45)[C@@](C(=O)OC)(C2)[C@]31C. The summed E-state index contributed by atoms with van der Waals surface area (Å²) in [7, 11) is 3.25. The molecule has 1 aromatic heterocycles. The van der Waals surface area contributed by atoms with Crippen molar-refractivity contribution in [2.24, 2.45) is 11.3 Å². The molecule has 5 nitrogen and oxygen atoms in total. The predicted octanol–water partition coefficient (Wildman–Crippen LogP) is 4.04. The molecule has 1 N–H and O–H groups in total. The van der Waals surface area contributed by atoms with Gasteiger partial charge in [-0.2, -0.15) is 0 Å². The van der Waals surface area contributed by atoms with E-state index >= 15 is 0 Å². The fourth-order valence-electron chi connectivity index (χ4n) is 7.26. The molecule has 3 aliphatic heterocycles. The Labute approximate surface area is 172 Å². The number of fused-ring (bicyclic) bond motifs is 4. The van der Waals surface area contributed by atoms with Crippen LogP contribution in [0.2, 0.25) is 0 Å². The second-order valence-electron chi connectivity index (χ2n) is 9.74. The second-order valence-corrected chi connectivity index (χ2v) is 9.74. The lowest BCUT2D eigenvalue weighted by Gasteiger charge is -2.69. The van der Waals surface area contributed by atoms with Crippen LogP contribution in [0.15, 0.2) is 18.2 Å². The van der Waals surface area contributed by atoms with E-state index in [2.05, 4.69) is 42.8 Å². The number of carbonyl (C=O) groups excluding carboxylic acids is 1. The minimum absolute atomic E-state index is 0.0545. The number of hydrogen-bond acceptors (Lipinski definition) is 4. The Bertz CT molecular complexity index is 997. The van der Waals surface area contributed by atoms with Crippen LogP contribution in [0.1, 0.15) is 51.3 Å². The van der Waals surface area contributed by atoms with Crippen molar-refractivity contribution in [3.05, 3.63) is 29.5 Å². The molecule has 5 atom stereocenters. The van der Waals surface area contributed by atoms with Gasteiger partial charge in [-0.1, -0.05) is 13.8 Å². The molecule has 4 aliphatic rings. The molecule has 0 radical (unpaired) electrons. The van der Waals surface area contributed by atoms with E-state index in [1.165, 1.54) is 17.4 Å². The first kappa shape index (κ1) is 19.0. The summed E-state index contributed by atoms with van der Waals surface area (Å²) in [5.74, 6) is 1.27. The first-order valence-corrected chi connectivity index (χ1v) is 10.9. The van der Waals surface area contributed by atoms with Gasteiger partial charge < -0.3 is 14.5 Å². The maximum atomic E-state index is 13.7. The monoisotopic (exact) mass is 396 g/mol. The number of ether oxygens (including phenoxy) is 2. The van der Waals surface area contributed by atoms with Crippen molar-refractivity contribution in [1.82, 2.24) is 9.88 Å². The number of carbonyl (C=O) groups is 1. The number of methoxy groups -OCH3 is 2. The molecule has 2 aromatic rings. The van der Waals surface area contributed by atoms with Crippen LogP contribution in [0.5, 0.6) is 5.75 Å². The minimum Gasteiger partial charge on any atom is -0.497 e. The van der Waals surface area contributed by atoms with Gasteiger partial charge >= 0.3 is 5.97 Å². The third-order valence-electron chi connectivity index (χ3n) is 8.94. The Hall–Kier alpha value is -2.01. The van der Waals surface area contributed by atoms with Gasteiger partial charge in [-0.3, -0.25) is 9.69 Å². The fraction of sp³-hybridized carbons (Fsp3) is 0.625. The van der Waals surface area contributed by atoms with Crippen molar-refractivity contribution < 1.29 is 14.3 Å². The molecule has 29 heavy (non-hydrogen) atoms. The molecule has 5 heteroatoms. The molecule has 6 rings (SSSR count). The van der Waals surface area contributed by atoms with Crippen molar-refractivity contribution in [3.63, 3.8) is 0 Å². The van der Waals surface area contributed by atoms with Gasteiger partial charge in [-0.25, -0.2) is 0 Å². The first-order valence-electron chi connectivity index (χ1n) is 10.9. The van der Waals surface area contributed by atoms with Crippen molar-refractivity contribution in [2.75, 3.05) is 27.3 Å². The lowest BCUT2D eigenvalue weighted by molar-refractivity contribution is -0.198. The number of nitrogens with one attached hydrogen (secondary N) is 1. The molecule has 1 saturated carbocycles. The predicted molar refractivity (Wildman–Crippen MR) is 113 cm³/mol. The van der Waals surface area contributed by atoms with Crippen LogP contribution < -0.4 is 4.74 Å². The Balaban J connectivity index is 1.86. The van der Waals surface area contributed by atoms with Crippen molar-refractivity contribution in [2.45, 2.75) is 57.4 Å². The number of aromatic amines is 1. The van der Waals surface area contributed by atoms with Gasteiger partial charge in [-0.15, -0.1) is 0 Å². The van der Waals surface area contributed by atoms with Crippen LogP contribution >= 0.6 is 0 Å². The first-order chi connectivity index (χ1) is 13.8. The van der Waals surface area contributed by atoms with E-state index in [4.69, 9.17) is 9.47 Å². The average molecular weight is 397 g/mol. The van der Waals surface area contributed by atoms with Crippen molar-refractivity contribution in [3.8, 4) is 5.75 Å². The van der Waals surface area contributed by atoms with E-state index in [0.29, 0.717) is 5.92 Å². The second kappa shape index (κ2) is 6.00. The average Bonchev–Trinajstić information content (AvgIpc) is 3.07. The highest BCUT2D eigenvalue weighted by Crippen LogP contribution is 2.66. The van der Waals surface area contributed by atoms with Gasteiger partial charge in [0.2, 0.25) is 0 Å². The summed E-state index contributed by atoms with van der Waals surface area (Å²) < 4.78 is 11.1. The normalized spacial score (nSPS) is 37.8. The van der Waals surface area contributed by atoms with E-state index in [9.17, 15) is 4.79 Å². The smallest absolute Gasteiger partial charge is 0.319 e. The van der Waals surface area contributed by atoms with Crippen molar-refractivity contribution >= 4 is 16.9 Å². The van der Waals surface area contributed by atoms with Gasteiger partial charge in [0.1, 0.15) is 11.2 Å². The summed E-state index contributed by atoms with van der Waals surface area (Å²) in [6.07, 6.45) is 4.03. The van der Waals surface area contributed by atoms with Crippen LogP contribution in [0, 0.1) is 11.3 Å². The van der Waals surface area contributed by atoms with Crippen molar-refractivity contribution in [1.29, 1.82) is 0 Å². The van der Waals surface area contributed by atoms with E-state index < -0.39 is 5.41 Å². The highest BCUT2D eigenvalue weighted by Gasteiger charge is 2.73. The number of aromatic nitrogens is 1. The summed E-state index contributed by atoms with van der Waals surface area (Å²) in [6, 6.07) is 6.17. The zero-order valence-corrected chi connectivity index (χ0v) is 18.2. The lowest BCUT2D eigenvalue weighted by Crippen LogP contribution is -2.78. The molecule has 156 valence electrons. The van der Waals surface area contributed by atoms with Crippen LogP contribution in [0.25, 0.3) is 10.9 Å². The van der Waals surface area contributed by atoms with Crippen LogP contribution in [-0.2, 0) is 21.4 Å². The molecule has 3 fully saturated rings. The van der Waals surface area contributed by atoms with E-state index in [0.717, 1.165) is 49.3 Å². The summed E-state index contributed by atoms with van der Waals surface area (Å²) in [6.45, 7) is 9.06. The molecular weight excluding hydrogens is 364 g/mol. The molecule has 4 bridgehead atoms. The Morgan fingerprint density at radius 2 is 2.07 bits per heavy atom. The van der Waals surface area contributed by atoms with Gasteiger partial charge in [0.15, 0.2) is 0 Å². The largest absolute Gasteiger partial charge is 0.497 e. The van der Waals surface area contributed by atoms with E-state index in [1.807, 2.05) is 6.07 Å². The molecule has 0 amide bonds. The third kappa shape index (κ3) is 2.07. The summed E-state index contributed by atoms with van der Waals surface area (Å²) >= 11 is 0. The van der Waals surface area contributed by atoms with Gasteiger partial charge in [0.05, 0.1) is 14.2 Å². The Morgan fingerprint density at radius 3 is 2.76 bits per heavy atom. The van der Waals surface area contributed by atoms with E-state index in [-0.39, 0.29) is 16.9 Å². The van der Waals surface area contributed by atoms with Crippen LogP contribution in [-0.4, -0.2) is 48.7 Å². The van der Waals surface area contributed by atoms with Gasteiger partial charge in [0, 0.05) is 35.2 Å². The molecule has 1 aliphatic carbocycles. The zero-order chi connectivity index (χ0) is 20.6. The number of nitrogens with zero attached hydrogens (tertiary/aromatic N) is 1. The number of esters is 1. The minimum atomic E-state index is -0.675. The zero-order valence-electron chi connectivity index (χ0n) is 18.2. The molecule has 0 spiro atoms. The molecule has 2 saturated heterocycles. The fourth-order valence-corrected chi connectivity index (χ4v) is 7.26. The molecular formula is C24H32N2O3. The maximum absolute atomic E-state index is 13.7. The summed E-state index contributed by atoms with van der Waals surface area (Å²) in [5.41, 5.74) is 2.52. The number of H-pyrrole nitrogens is 1. The maximum Gasteiger partial charge on any atom is 0.319 e. The Morgan fingerprint density at radius 1 is 1.28 bits per heavy atom. The van der Waals surface area contributed by atoms with Crippen LogP contribution in [0.3, 0.4) is 0 Å². The highest BCUT2D eigenvalue weighted by molar-refractivity contribution is 5.93. The van der Waals surface area contributed by atoms with Gasteiger partial charge in [0.25, 0.3) is 0 Å². The quantitative estimate of drug-likeness (QED) is 0.796. The topological polar surface area (TPSA) is 54.6 Å². The number of hydrogen-bond donors (Lipinski definition) is 1. The molecule has 2 unspecified atom stereocenters.